The van der Waals surface area contributed by atoms with Gasteiger partial charge in [0, 0.05) is 6.07 Å². The molecule has 0 aliphatic rings. The SMILES string of the molecule is CCn1c(CNC(=O)c2nc(Cl)c(N)nc2N)[n+](C)c2ccc(OC)cc21.[I-]. The van der Waals surface area contributed by atoms with Gasteiger partial charge in [-0.2, -0.15) is 0 Å². The molecule has 11 heteroatoms. The third-order valence-corrected chi connectivity index (χ3v) is 4.65. The first-order chi connectivity index (χ1) is 12.9. The summed E-state index contributed by atoms with van der Waals surface area (Å²) in [6, 6.07) is 5.85. The number of carbonyl (C=O) groups is 1. The van der Waals surface area contributed by atoms with Crippen molar-refractivity contribution in [1.29, 1.82) is 0 Å². The van der Waals surface area contributed by atoms with Gasteiger partial charge >= 0.3 is 0 Å². The Kier molecular flexibility index (Phi) is 6.88. The number of ether oxygens (including phenoxy) is 1. The highest BCUT2D eigenvalue weighted by Crippen LogP contribution is 2.21. The van der Waals surface area contributed by atoms with Crippen LogP contribution >= 0.6 is 11.6 Å². The summed E-state index contributed by atoms with van der Waals surface area (Å²) >= 11 is 5.85. The first-order valence-electron chi connectivity index (χ1n) is 8.29. The molecule has 1 amide bonds. The molecule has 0 bridgehead atoms. The number of aromatic nitrogens is 4. The van der Waals surface area contributed by atoms with E-state index in [9.17, 15) is 4.79 Å². The molecule has 2 heterocycles. The lowest BCUT2D eigenvalue weighted by Gasteiger charge is -2.07. The highest BCUT2D eigenvalue weighted by atomic mass is 127. The maximum Gasteiger partial charge on any atom is 0.276 e. The van der Waals surface area contributed by atoms with Crippen LogP contribution in [0.5, 0.6) is 5.75 Å². The van der Waals surface area contributed by atoms with Gasteiger partial charge in [-0.1, -0.05) is 11.6 Å². The van der Waals surface area contributed by atoms with Crippen molar-refractivity contribution in [1.82, 2.24) is 19.9 Å². The second-order valence-corrected chi connectivity index (χ2v) is 6.25. The molecule has 0 aliphatic carbocycles. The van der Waals surface area contributed by atoms with Gasteiger partial charge in [0.05, 0.1) is 20.7 Å². The number of nitrogens with one attached hydrogen (secondary N) is 1. The Hall–Kier alpha value is -2.34. The number of methoxy groups -OCH3 is 1. The smallest absolute Gasteiger partial charge is 0.276 e. The predicted molar refractivity (Wildman–Crippen MR) is 102 cm³/mol. The van der Waals surface area contributed by atoms with Crippen LogP contribution in [0.3, 0.4) is 0 Å². The Bertz CT molecular complexity index is 1040. The largest absolute Gasteiger partial charge is 1.00 e. The molecule has 0 spiro atoms. The van der Waals surface area contributed by atoms with Gasteiger partial charge in [-0.05, 0) is 19.1 Å². The fourth-order valence-corrected chi connectivity index (χ4v) is 3.13. The number of halogens is 2. The van der Waals surface area contributed by atoms with E-state index in [1.54, 1.807) is 7.11 Å². The average Bonchev–Trinajstić information content (AvgIpc) is 2.93. The Morgan fingerprint density at radius 3 is 2.68 bits per heavy atom. The van der Waals surface area contributed by atoms with Gasteiger partial charge in [-0.25, -0.2) is 19.1 Å². The molecule has 0 unspecified atom stereocenters. The van der Waals surface area contributed by atoms with Gasteiger partial charge in [-0.3, -0.25) is 4.79 Å². The molecule has 0 atom stereocenters. The highest BCUT2D eigenvalue weighted by Gasteiger charge is 2.24. The van der Waals surface area contributed by atoms with E-state index < -0.39 is 5.91 Å². The van der Waals surface area contributed by atoms with Gasteiger partial charge in [0.1, 0.15) is 12.3 Å². The number of carbonyl (C=O) groups excluding carboxylic acids is 1. The number of rotatable bonds is 5. The van der Waals surface area contributed by atoms with Gasteiger partial charge in [0.15, 0.2) is 33.5 Å². The van der Waals surface area contributed by atoms with Crippen LogP contribution in [-0.4, -0.2) is 27.6 Å². The zero-order chi connectivity index (χ0) is 19.7. The van der Waals surface area contributed by atoms with Gasteiger partial charge in [-0.15, -0.1) is 0 Å². The van der Waals surface area contributed by atoms with E-state index in [1.165, 1.54) is 0 Å². The number of aryl methyl sites for hydroxylation is 2. The number of hydrogen-bond donors (Lipinski definition) is 3. The van der Waals surface area contributed by atoms with Crippen LogP contribution in [0.15, 0.2) is 18.2 Å². The molecule has 0 fully saturated rings. The van der Waals surface area contributed by atoms with Crippen molar-refractivity contribution in [2.24, 2.45) is 7.05 Å². The highest BCUT2D eigenvalue weighted by molar-refractivity contribution is 6.31. The van der Waals surface area contributed by atoms with Crippen molar-refractivity contribution in [2.75, 3.05) is 18.6 Å². The standard InChI is InChI=1S/C17H20ClN7O2.HI/c1-4-25-11-7-9(27-3)5-6-10(11)24(2)12(25)8-21-17(26)13-15(19)23-16(20)14(18)22-13;/h5-7H,4,8H2,1-3H3,(H4-,19,20,21,23,26);1H. The van der Waals surface area contributed by atoms with E-state index in [0.717, 1.165) is 29.2 Å². The summed E-state index contributed by atoms with van der Waals surface area (Å²) in [6.45, 7) is 3.03. The molecule has 9 nitrogen and oxygen atoms in total. The Morgan fingerprint density at radius 2 is 2.04 bits per heavy atom. The average molecular weight is 518 g/mol. The lowest BCUT2D eigenvalue weighted by molar-refractivity contribution is -0.654. The van der Waals surface area contributed by atoms with Crippen molar-refractivity contribution < 1.29 is 38.1 Å². The molecule has 0 saturated carbocycles. The lowest BCUT2D eigenvalue weighted by Crippen LogP contribution is -3.00. The minimum atomic E-state index is -0.479. The third-order valence-electron chi connectivity index (χ3n) is 4.38. The van der Waals surface area contributed by atoms with E-state index >= 15 is 0 Å². The lowest BCUT2D eigenvalue weighted by atomic mass is 10.3. The summed E-state index contributed by atoms with van der Waals surface area (Å²) in [6.07, 6.45) is 0. The summed E-state index contributed by atoms with van der Waals surface area (Å²) in [5.74, 6) is 1.11. The van der Waals surface area contributed by atoms with Crippen LogP contribution in [0, 0.1) is 0 Å². The van der Waals surface area contributed by atoms with E-state index in [2.05, 4.69) is 19.9 Å². The molecule has 2 aromatic heterocycles. The van der Waals surface area contributed by atoms with E-state index in [0.29, 0.717) is 0 Å². The number of fused-ring (bicyclic) bond motifs is 1. The third kappa shape index (κ3) is 3.92. The van der Waals surface area contributed by atoms with Crippen LogP contribution < -0.4 is 50.1 Å². The molecule has 0 radical (unpaired) electrons. The Labute approximate surface area is 184 Å². The minimum Gasteiger partial charge on any atom is -1.00 e. The van der Waals surface area contributed by atoms with Gasteiger partial charge in [0.25, 0.3) is 11.7 Å². The number of hydrogen-bond acceptors (Lipinski definition) is 6. The van der Waals surface area contributed by atoms with Crippen molar-refractivity contribution in [2.45, 2.75) is 20.0 Å². The molecular formula is C17H21ClIN7O2. The van der Waals surface area contributed by atoms with Crippen LogP contribution in [0.4, 0.5) is 11.6 Å². The number of imidazole rings is 1. The Morgan fingerprint density at radius 1 is 1.32 bits per heavy atom. The molecule has 28 heavy (non-hydrogen) atoms. The first-order valence-corrected chi connectivity index (χ1v) is 8.67. The normalized spacial score (nSPS) is 10.6. The van der Waals surface area contributed by atoms with Crippen molar-refractivity contribution in [3.63, 3.8) is 0 Å². The van der Waals surface area contributed by atoms with E-state index in [1.807, 2.05) is 36.7 Å². The molecule has 150 valence electrons. The monoisotopic (exact) mass is 517 g/mol. The van der Waals surface area contributed by atoms with Crippen LogP contribution in [-0.2, 0) is 20.1 Å². The first kappa shape index (κ1) is 22.0. The van der Waals surface area contributed by atoms with E-state index in [-0.39, 0.29) is 53.0 Å². The summed E-state index contributed by atoms with van der Waals surface area (Å²) in [4.78, 5) is 20.3. The molecule has 0 saturated heterocycles. The second kappa shape index (κ2) is 8.78. The topological polar surface area (TPSA) is 125 Å². The maximum atomic E-state index is 12.5. The number of anilines is 2. The van der Waals surface area contributed by atoms with Crippen molar-refractivity contribution in [3.05, 3.63) is 34.9 Å². The van der Waals surface area contributed by atoms with Crippen LogP contribution in [0.25, 0.3) is 11.0 Å². The number of nitrogens with zero attached hydrogens (tertiary/aromatic N) is 4. The van der Waals surface area contributed by atoms with Crippen LogP contribution in [0.2, 0.25) is 5.15 Å². The zero-order valence-corrected chi connectivity index (χ0v) is 18.6. The quantitative estimate of drug-likeness (QED) is 0.267. The maximum absolute atomic E-state index is 12.5. The molecule has 1 aromatic carbocycles. The molecule has 0 aliphatic heterocycles. The fraction of sp³-hybridized carbons (Fsp3) is 0.294. The molecule has 3 rings (SSSR count). The zero-order valence-electron chi connectivity index (χ0n) is 15.7. The Balaban J connectivity index is 0.00000280. The minimum absolute atomic E-state index is 0. The van der Waals surface area contributed by atoms with Crippen molar-refractivity contribution in [3.8, 4) is 5.75 Å². The second-order valence-electron chi connectivity index (χ2n) is 5.89. The van der Waals surface area contributed by atoms with Gasteiger partial charge < -0.3 is 45.5 Å². The van der Waals surface area contributed by atoms with Crippen molar-refractivity contribution >= 4 is 40.2 Å². The van der Waals surface area contributed by atoms with Crippen LogP contribution in [0.1, 0.15) is 23.2 Å². The number of amides is 1. The number of nitrogens with two attached hydrogens (primary N) is 2. The van der Waals surface area contributed by atoms with Gasteiger partial charge in [0.2, 0.25) is 0 Å². The number of benzene rings is 1. The van der Waals surface area contributed by atoms with E-state index in [4.69, 9.17) is 27.8 Å². The molecule has 5 N–H and O–H groups in total. The summed E-state index contributed by atoms with van der Waals surface area (Å²) < 4.78 is 9.43. The molecular weight excluding hydrogens is 497 g/mol. The summed E-state index contributed by atoms with van der Waals surface area (Å²) in [7, 11) is 3.57. The predicted octanol–water partition coefficient (Wildman–Crippen LogP) is -1.96. The fourth-order valence-electron chi connectivity index (χ4n) is 3.01. The summed E-state index contributed by atoms with van der Waals surface area (Å²) in [5, 5.41) is 2.75. The molecule has 3 aromatic rings. The summed E-state index contributed by atoms with van der Waals surface area (Å²) in [5.41, 5.74) is 13.3. The number of nitrogen functional groups attached to an aromatic ring is 2.